The molecule has 0 aromatic carbocycles. The Labute approximate surface area is 96.8 Å². The first-order chi connectivity index (χ1) is 7.76. The molecule has 0 radical (unpaired) electrons. The number of H-pyrrole nitrogens is 1. The number of nitrogens with zero attached hydrogens (tertiary/aromatic N) is 1. The van der Waals surface area contributed by atoms with Gasteiger partial charge in [-0.2, -0.15) is 0 Å². The van der Waals surface area contributed by atoms with Crippen LogP contribution in [0.4, 0.5) is 0 Å². The molecule has 9 heteroatoms. The molecule has 0 saturated heterocycles. The first-order valence-corrected chi connectivity index (χ1v) is 6.53. The number of hydrogen-bond donors (Lipinski definition) is 3. The van der Waals surface area contributed by atoms with E-state index in [0.717, 1.165) is 4.57 Å². The Morgan fingerprint density at radius 3 is 2.47 bits per heavy atom. The van der Waals surface area contributed by atoms with E-state index in [9.17, 15) is 23.1 Å². The first kappa shape index (κ1) is 13.5. The Hall–Kier alpha value is -1.61. The van der Waals surface area contributed by atoms with E-state index in [2.05, 4.69) is 0 Å². The fourth-order valence-electron chi connectivity index (χ4n) is 1.35. The lowest BCUT2D eigenvalue weighted by atomic mass is 10.2. The van der Waals surface area contributed by atoms with Gasteiger partial charge in [-0.3, -0.25) is 14.3 Å². The van der Waals surface area contributed by atoms with Crippen LogP contribution in [0.1, 0.15) is 12.5 Å². The predicted octanol–water partition coefficient (Wildman–Crippen LogP) is -1.91. The van der Waals surface area contributed by atoms with Crippen LogP contribution >= 0.6 is 0 Å². The summed E-state index contributed by atoms with van der Waals surface area (Å²) in [5.74, 6) is -1.03. The van der Waals surface area contributed by atoms with Crippen molar-refractivity contribution in [2.45, 2.75) is 19.9 Å². The van der Waals surface area contributed by atoms with Crippen molar-refractivity contribution in [2.75, 3.05) is 5.75 Å². The minimum absolute atomic E-state index is 0.0269. The molecular weight excluding hydrogens is 250 g/mol. The molecule has 1 rings (SSSR count). The molecule has 1 aromatic heterocycles. The summed E-state index contributed by atoms with van der Waals surface area (Å²) in [6.07, 6.45) is 0.219. The molecule has 0 spiro atoms. The molecule has 0 atom stereocenters. The maximum Gasteiger partial charge on any atom is 0.331 e. The van der Waals surface area contributed by atoms with Gasteiger partial charge in [0.2, 0.25) is 15.9 Å². The van der Waals surface area contributed by atoms with Crippen molar-refractivity contribution in [3.63, 3.8) is 0 Å². The van der Waals surface area contributed by atoms with Crippen molar-refractivity contribution >= 4 is 10.0 Å². The Morgan fingerprint density at radius 2 is 2.00 bits per heavy atom. The highest BCUT2D eigenvalue weighted by molar-refractivity contribution is 7.89. The number of aromatic amines is 1. The van der Waals surface area contributed by atoms with Crippen molar-refractivity contribution in [1.82, 2.24) is 9.55 Å². The summed E-state index contributed by atoms with van der Waals surface area (Å²) in [5, 5.41) is 14.4. The van der Waals surface area contributed by atoms with Gasteiger partial charge in [-0.05, 0) is 6.42 Å². The zero-order valence-electron chi connectivity index (χ0n) is 9.13. The SMILES string of the molecule is CCc1c(O)n(CCS(N)(=O)=O)c(=O)[nH]c1=O. The highest BCUT2D eigenvalue weighted by Crippen LogP contribution is 2.09. The fourth-order valence-corrected chi connectivity index (χ4v) is 1.78. The minimum Gasteiger partial charge on any atom is -0.494 e. The van der Waals surface area contributed by atoms with E-state index in [1.165, 1.54) is 0 Å². The summed E-state index contributed by atoms with van der Waals surface area (Å²) < 4.78 is 22.3. The topological polar surface area (TPSA) is 135 Å². The summed E-state index contributed by atoms with van der Waals surface area (Å²) in [6, 6.07) is 0. The third-order valence-electron chi connectivity index (χ3n) is 2.22. The molecule has 4 N–H and O–H groups in total. The summed E-state index contributed by atoms with van der Waals surface area (Å²) in [5.41, 5.74) is -1.52. The molecule has 1 heterocycles. The van der Waals surface area contributed by atoms with Crippen LogP contribution in [0.15, 0.2) is 9.59 Å². The van der Waals surface area contributed by atoms with Crippen LogP contribution in [0.5, 0.6) is 5.88 Å². The van der Waals surface area contributed by atoms with Crippen LogP contribution in [0.25, 0.3) is 0 Å². The van der Waals surface area contributed by atoms with E-state index in [4.69, 9.17) is 5.14 Å². The fraction of sp³-hybridized carbons (Fsp3) is 0.500. The molecule has 8 nitrogen and oxygen atoms in total. The molecule has 0 aliphatic heterocycles. The van der Waals surface area contributed by atoms with Gasteiger partial charge in [0.05, 0.1) is 11.3 Å². The van der Waals surface area contributed by atoms with Gasteiger partial charge in [0.1, 0.15) is 0 Å². The molecule has 0 aliphatic rings. The number of sulfonamides is 1. The third-order valence-corrected chi connectivity index (χ3v) is 2.97. The van der Waals surface area contributed by atoms with Crippen LogP contribution in [-0.4, -0.2) is 28.8 Å². The minimum atomic E-state index is -3.75. The highest BCUT2D eigenvalue weighted by Gasteiger charge is 2.13. The summed E-state index contributed by atoms with van der Waals surface area (Å²) >= 11 is 0. The van der Waals surface area contributed by atoms with E-state index in [1.54, 1.807) is 6.92 Å². The predicted molar refractivity (Wildman–Crippen MR) is 60.3 cm³/mol. The van der Waals surface area contributed by atoms with Crippen molar-refractivity contribution in [2.24, 2.45) is 5.14 Å². The summed E-state index contributed by atoms with van der Waals surface area (Å²) in [7, 11) is -3.75. The van der Waals surface area contributed by atoms with Gasteiger partial charge >= 0.3 is 5.69 Å². The summed E-state index contributed by atoms with van der Waals surface area (Å²) in [6.45, 7) is 1.31. The quantitative estimate of drug-likeness (QED) is 0.582. The van der Waals surface area contributed by atoms with E-state index in [-0.39, 0.29) is 18.5 Å². The molecule has 0 bridgehead atoms. The number of nitrogens with two attached hydrogens (primary N) is 1. The smallest absolute Gasteiger partial charge is 0.331 e. The zero-order chi connectivity index (χ0) is 13.2. The molecule has 17 heavy (non-hydrogen) atoms. The first-order valence-electron chi connectivity index (χ1n) is 4.81. The van der Waals surface area contributed by atoms with E-state index in [0.29, 0.717) is 0 Å². The van der Waals surface area contributed by atoms with Gasteiger partial charge in [-0.15, -0.1) is 0 Å². The molecule has 0 unspecified atom stereocenters. The standard InChI is InChI=1S/C8H13N3O5S/c1-2-5-6(12)10-8(14)11(7(5)13)3-4-17(9,15)16/h13H,2-4H2,1H3,(H2,9,15,16)(H,10,12,14). The zero-order valence-corrected chi connectivity index (χ0v) is 9.95. The van der Waals surface area contributed by atoms with Crippen molar-refractivity contribution in [3.8, 4) is 5.88 Å². The molecule has 0 fully saturated rings. The van der Waals surface area contributed by atoms with Gasteiger partial charge in [0, 0.05) is 6.54 Å². The Balaban J connectivity index is 3.25. The normalized spacial score (nSPS) is 11.6. The molecule has 1 aromatic rings. The second kappa shape index (κ2) is 4.72. The van der Waals surface area contributed by atoms with E-state index < -0.39 is 32.9 Å². The Bertz CT molecular complexity index is 628. The number of rotatable bonds is 4. The van der Waals surface area contributed by atoms with Crippen molar-refractivity contribution in [3.05, 3.63) is 26.4 Å². The Morgan fingerprint density at radius 1 is 1.41 bits per heavy atom. The van der Waals surface area contributed by atoms with Crippen LogP contribution in [0.3, 0.4) is 0 Å². The molecular formula is C8H13N3O5S. The van der Waals surface area contributed by atoms with E-state index in [1.807, 2.05) is 4.98 Å². The maximum absolute atomic E-state index is 11.4. The van der Waals surface area contributed by atoms with Crippen LogP contribution < -0.4 is 16.4 Å². The lowest BCUT2D eigenvalue weighted by Gasteiger charge is -2.09. The van der Waals surface area contributed by atoms with Crippen LogP contribution in [-0.2, 0) is 23.0 Å². The number of aromatic hydroxyl groups is 1. The van der Waals surface area contributed by atoms with Crippen molar-refractivity contribution < 1.29 is 13.5 Å². The van der Waals surface area contributed by atoms with Crippen LogP contribution in [0, 0.1) is 0 Å². The van der Waals surface area contributed by atoms with Gasteiger partial charge in [-0.1, -0.05) is 6.92 Å². The van der Waals surface area contributed by atoms with Gasteiger partial charge in [-0.25, -0.2) is 18.4 Å². The van der Waals surface area contributed by atoms with Crippen molar-refractivity contribution in [1.29, 1.82) is 0 Å². The second-order valence-electron chi connectivity index (χ2n) is 3.43. The number of hydrogen-bond acceptors (Lipinski definition) is 5. The number of aromatic nitrogens is 2. The van der Waals surface area contributed by atoms with Gasteiger partial charge in [0.25, 0.3) is 5.56 Å². The average Bonchev–Trinajstić information content (AvgIpc) is 2.15. The monoisotopic (exact) mass is 263 g/mol. The number of primary sulfonamides is 1. The second-order valence-corrected chi connectivity index (χ2v) is 5.17. The molecule has 0 saturated carbocycles. The molecule has 0 amide bonds. The lowest BCUT2D eigenvalue weighted by Crippen LogP contribution is -2.34. The number of nitrogens with one attached hydrogen (secondary N) is 1. The van der Waals surface area contributed by atoms with E-state index >= 15 is 0 Å². The molecule has 0 aliphatic carbocycles. The Kier molecular flexibility index (Phi) is 3.73. The van der Waals surface area contributed by atoms with Gasteiger partial charge < -0.3 is 5.11 Å². The lowest BCUT2D eigenvalue weighted by molar-refractivity contribution is 0.398. The maximum atomic E-state index is 11.4. The molecule has 96 valence electrons. The average molecular weight is 263 g/mol. The van der Waals surface area contributed by atoms with Crippen LogP contribution in [0.2, 0.25) is 0 Å². The summed E-state index contributed by atoms with van der Waals surface area (Å²) in [4.78, 5) is 24.6. The largest absolute Gasteiger partial charge is 0.494 e. The third kappa shape index (κ3) is 3.17. The highest BCUT2D eigenvalue weighted by atomic mass is 32.2. The van der Waals surface area contributed by atoms with Gasteiger partial charge in [0.15, 0.2) is 0 Å².